The first-order chi connectivity index (χ1) is 14.1. The zero-order chi connectivity index (χ0) is 21.5. The quantitative estimate of drug-likeness (QED) is 0.635. The van der Waals surface area contributed by atoms with E-state index in [-0.39, 0.29) is 34.5 Å². The van der Waals surface area contributed by atoms with Gasteiger partial charge in [0, 0.05) is 38.9 Å². The molecular formula is C21H19F3N2O3S. The first kappa shape index (κ1) is 19.6. The molecule has 158 valence electrons. The molecule has 5 nitrogen and oxygen atoms in total. The number of rotatable bonds is 2. The van der Waals surface area contributed by atoms with Crippen molar-refractivity contribution in [1.29, 1.82) is 0 Å². The Balaban J connectivity index is 1.83. The number of halogens is 3. The summed E-state index contributed by atoms with van der Waals surface area (Å²) in [6.45, 7) is 3.12. The van der Waals surface area contributed by atoms with Gasteiger partial charge in [0.25, 0.3) is 11.5 Å². The average Bonchev–Trinajstić information content (AvgIpc) is 3.41. The van der Waals surface area contributed by atoms with Crippen LogP contribution in [0.5, 0.6) is 0 Å². The number of hydrogen-bond donors (Lipinski definition) is 2. The SMILES string of the molecule is Cc1c(F)c(-c2cc3c(s2)CCC(F)(F)C3O)c(C)c2c1c(=O)[nH]c(=O)n2C1CC1. The lowest BCUT2D eigenvalue weighted by Gasteiger charge is -2.27. The lowest BCUT2D eigenvalue weighted by molar-refractivity contribution is -0.121. The second-order valence-corrected chi connectivity index (χ2v) is 9.31. The van der Waals surface area contributed by atoms with E-state index in [0.29, 0.717) is 20.8 Å². The van der Waals surface area contributed by atoms with Gasteiger partial charge in [-0.05, 0) is 44.7 Å². The topological polar surface area (TPSA) is 75.1 Å². The molecule has 9 heteroatoms. The van der Waals surface area contributed by atoms with Gasteiger partial charge in [0.05, 0.1) is 10.9 Å². The number of fused-ring (bicyclic) bond motifs is 2. The number of benzene rings is 1. The molecule has 1 unspecified atom stereocenters. The lowest BCUT2D eigenvalue weighted by Crippen LogP contribution is -2.31. The van der Waals surface area contributed by atoms with Gasteiger partial charge in [-0.15, -0.1) is 11.3 Å². The summed E-state index contributed by atoms with van der Waals surface area (Å²) in [7, 11) is 0. The molecule has 1 atom stereocenters. The van der Waals surface area contributed by atoms with Crippen molar-refractivity contribution >= 4 is 22.2 Å². The molecule has 0 aliphatic heterocycles. The van der Waals surface area contributed by atoms with Gasteiger partial charge in [0.2, 0.25) is 0 Å². The summed E-state index contributed by atoms with van der Waals surface area (Å²) in [5, 5.41) is 10.2. The van der Waals surface area contributed by atoms with Crippen LogP contribution in [0.3, 0.4) is 0 Å². The number of aliphatic hydroxyl groups excluding tert-OH is 1. The number of aliphatic hydroxyl groups is 1. The maximum absolute atomic E-state index is 15.5. The summed E-state index contributed by atoms with van der Waals surface area (Å²) >= 11 is 1.17. The maximum Gasteiger partial charge on any atom is 0.329 e. The van der Waals surface area contributed by atoms with Crippen molar-refractivity contribution in [3.05, 3.63) is 54.3 Å². The normalized spacial score (nSPS) is 20.5. The van der Waals surface area contributed by atoms with Crippen LogP contribution in [0.25, 0.3) is 21.3 Å². The van der Waals surface area contributed by atoms with Gasteiger partial charge in [-0.2, -0.15) is 0 Å². The van der Waals surface area contributed by atoms with E-state index in [0.717, 1.165) is 12.8 Å². The monoisotopic (exact) mass is 436 g/mol. The Hall–Kier alpha value is -2.39. The van der Waals surface area contributed by atoms with E-state index in [2.05, 4.69) is 4.98 Å². The lowest BCUT2D eigenvalue weighted by atomic mass is 9.91. The van der Waals surface area contributed by atoms with Gasteiger partial charge in [-0.1, -0.05) is 0 Å². The number of H-pyrrole nitrogens is 1. The fourth-order valence-corrected chi connectivity index (χ4v) is 5.75. The van der Waals surface area contributed by atoms with E-state index in [4.69, 9.17) is 0 Å². The minimum atomic E-state index is -3.22. The molecule has 0 radical (unpaired) electrons. The second kappa shape index (κ2) is 6.31. The molecular weight excluding hydrogens is 417 g/mol. The molecule has 2 aromatic heterocycles. The zero-order valence-electron chi connectivity index (χ0n) is 16.3. The minimum Gasteiger partial charge on any atom is -0.382 e. The molecule has 2 aliphatic rings. The Morgan fingerprint density at radius 2 is 1.93 bits per heavy atom. The van der Waals surface area contributed by atoms with Crippen molar-refractivity contribution in [3.63, 3.8) is 0 Å². The molecule has 1 aromatic carbocycles. The molecule has 30 heavy (non-hydrogen) atoms. The Bertz CT molecular complexity index is 1330. The average molecular weight is 436 g/mol. The molecule has 2 N–H and O–H groups in total. The molecule has 3 aromatic rings. The van der Waals surface area contributed by atoms with E-state index in [1.165, 1.54) is 28.9 Å². The highest BCUT2D eigenvalue weighted by Gasteiger charge is 2.44. The van der Waals surface area contributed by atoms with Gasteiger partial charge in [0.15, 0.2) is 0 Å². The molecule has 0 bridgehead atoms. The molecule has 0 amide bonds. The highest BCUT2D eigenvalue weighted by atomic mass is 32.1. The number of alkyl halides is 2. The summed E-state index contributed by atoms with van der Waals surface area (Å²) in [6, 6.07) is 1.37. The Morgan fingerprint density at radius 1 is 1.23 bits per heavy atom. The molecule has 2 aliphatic carbocycles. The van der Waals surface area contributed by atoms with Crippen molar-refractivity contribution in [2.75, 3.05) is 0 Å². The third kappa shape index (κ3) is 2.64. The van der Waals surface area contributed by atoms with E-state index < -0.39 is 35.5 Å². The van der Waals surface area contributed by atoms with Crippen molar-refractivity contribution in [3.8, 4) is 10.4 Å². The largest absolute Gasteiger partial charge is 0.382 e. The van der Waals surface area contributed by atoms with Crippen molar-refractivity contribution in [1.82, 2.24) is 9.55 Å². The summed E-state index contributed by atoms with van der Waals surface area (Å²) in [5.74, 6) is -3.84. The molecule has 1 saturated carbocycles. The number of nitrogens with one attached hydrogen (secondary N) is 1. The van der Waals surface area contributed by atoms with Crippen LogP contribution in [0.2, 0.25) is 0 Å². The van der Waals surface area contributed by atoms with Crippen LogP contribution in [-0.2, 0) is 6.42 Å². The van der Waals surface area contributed by atoms with E-state index >= 15 is 4.39 Å². The maximum atomic E-state index is 15.5. The van der Waals surface area contributed by atoms with Gasteiger partial charge in [0.1, 0.15) is 11.9 Å². The fraction of sp³-hybridized carbons (Fsp3) is 0.429. The first-order valence-corrected chi connectivity index (χ1v) is 10.6. The summed E-state index contributed by atoms with van der Waals surface area (Å²) in [6.07, 6.45) is -0.704. The fourth-order valence-electron chi connectivity index (χ4n) is 4.46. The second-order valence-electron chi connectivity index (χ2n) is 8.18. The van der Waals surface area contributed by atoms with E-state index in [9.17, 15) is 23.5 Å². The van der Waals surface area contributed by atoms with Crippen LogP contribution in [0.4, 0.5) is 13.2 Å². The van der Waals surface area contributed by atoms with Gasteiger partial charge in [-0.25, -0.2) is 18.0 Å². The van der Waals surface area contributed by atoms with Crippen molar-refractivity contribution < 1.29 is 18.3 Å². The summed E-state index contributed by atoms with van der Waals surface area (Å²) in [4.78, 5) is 28.3. The predicted octanol–water partition coefficient (Wildman–Crippen LogP) is 4.12. The number of thiophene rings is 1. The number of nitrogens with zero attached hydrogens (tertiary/aromatic N) is 1. The predicted molar refractivity (Wildman–Crippen MR) is 108 cm³/mol. The number of aryl methyl sites for hydroxylation is 3. The van der Waals surface area contributed by atoms with Crippen LogP contribution in [0.15, 0.2) is 15.7 Å². The molecule has 5 rings (SSSR count). The van der Waals surface area contributed by atoms with Gasteiger partial charge in [-0.3, -0.25) is 14.3 Å². The van der Waals surface area contributed by atoms with Crippen LogP contribution in [0.1, 0.15) is 53.0 Å². The molecule has 0 spiro atoms. The minimum absolute atomic E-state index is 0.0506. The number of aromatic amines is 1. The number of aromatic nitrogens is 2. The van der Waals surface area contributed by atoms with Crippen molar-refractivity contribution in [2.45, 2.75) is 57.6 Å². The van der Waals surface area contributed by atoms with E-state index in [1.54, 1.807) is 6.92 Å². The first-order valence-electron chi connectivity index (χ1n) is 9.78. The zero-order valence-corrected chi connectivity index (χ0v) is 17.1. The third-order valence-corrected chi connectivity index (χ3v) is 7.41. The summed E-state index contributed by atoms with van der Waals surface area (Å²) in [5.41, 5.74) is 0.0515. The van der Waals surface area contributed by atoms with E-state index in [1.807, 2.05) is 0 Å². The standard InChI is InChI=1S/C21H19F3N2O3S/c1-8-15-17(26(10-3-4-10)20(29)25-19(15)28)9(2)14(16(8)22)13-7-11-12(30-13)5-6-21(23,24)18(11)27/h7,10,18,27H,3-6H2,1-2H3,(H,25,28,29). The Kier molecular flexibility index (Phi) is 4.11. The van der Waals surface area contributed by atoms with Crippen LogP contribution < -0.4 is 11.2 Å². The smallest absolute Gasteiger partial charge is 0.329 e. The van der Waals surface area contributed by atoms with Crippen LogP contribution in [-0.4, -0.2) is 20.6 Å². The Morgan fingerprint density at radius 3 is 2.60 bits per heavy atom. The Labute approximate surface area is 172 Å². The van der Waals surface area contributed by atoms with Crippen LogP contribution >= 0.6 is 11.3 Å². The van der Waals surface area contributed by atoms with Gasteiger partial charge >= 0.3 is 5.69 Å². The third-order valence-electron chi connectivity index (χ3n) is 6.18. The summed E-state index contributed by atoms with van der Waals surface area (Å²) < 4.78 is 44.9. The molecule has 2 heterocycles. The highest BCUT2D eigenvalue weighted by Crippen LogP contribution is 2.48. The van der Waals surface area contributed by atoms with Crippen LogP contribution in [0, 0.1) is 19.7 Å². The molecule has 1 fully saturated rings. The highest BCUT2D eigenvalue weighted by molar-refractivity contribution is 7.15. The molecule has 0 saturated heterocycles. The van der Waals surface area contributed by atoms with Gasteiger partial charge < -0.3 is 5.11 Å². The number of hydrogen-bond acceptors (Lipinski definition) is 4. The van der Waals surface area contributed by atoms with Crippen molar-refractivity contribution in [2.24, 2.45) is 0 Å².